The Hall–Kier alpha value is -3.08. The Balaban J connectivity index is 1.85. The number of amidine groups is 1. The van der Waals surface area contributed by atoms with Gasteiger partial charge in [0.15, 0.2) is 11.5 Å². The van der Waals surface area contributed by atoms with Gasteiger partial charge in [-0.15, -0.1) is 0 Å². The number of aromatic nitrogens is 2. The number of oxime groups is 1. The van der Waals surface area contributed by atoms with Crippen LogP contribution in [-0.4, -0.2) is 56.4 Å². The number of nitrogen functional groups attached to an aromatic ring is 1. The van der Waals surface area contributed by atoms with Crippen molar-refractivity contribution in [3.8, 4) is 0 Å². The highest BCUT2D eigenvalue weighted by Gasteiger charge is 2.35. The van der Waals surface area contributed by atoms with Gasteiger partial charge in [0, 0.05) is 37.3 Å². The third-order valence-electron chi connectivity index (χ3n) is 4.47. The maximum absolute atomic E-state index is 10.9. The zero-order valence-corrected chi connectivity index (χ0v) is 15.4. The molecule has 12 heteroatoms. The molecule has 3 N–H and O–H groups in total. The normalized spacial score (nSPS) is 20.8. The maximum Gasteiger partial charge on any atom is 0.271 e. The molecule has 11 nitrogen and oxygen atoms in total. The molecule has 0 saturated carbocycles. The molecule has 0 bridgehead atoms. The molecular formula is C15H18ClN7O4. The van der Waals surface area contributed by atoms with Gasteiger partial charge < -0.3 is 20.7 Å². The number of hydrogen-bond acceptors (Lipinski definition) is 9. The molecule has 3 rings (SSSR count). The number of nitro groups is 1. The monoisotopic (exact) mass is 395 g/mol. The fraction of sp³-hybridized carbons (Fsp3) is 0.400. The van der Waals surface area contributed by atoms with Gasteiger partial charge in [-0.1, -0.05) is 16.8 Å². The zero-order valence-electron chi connectivity index (χ0n) is 14.6. The summed E-state index contributed by atoms with van der Waals surface area (Å²) in [5.41, 5.74) is 6.52. The van der Waals surface area contributed by atoms with Crippen LogP contribution in [0.1, 0.15) is 19.5 Å². The second kappa shape index (κ2) is 7.27. The van der Waals surface area contributed by atoms with E-state index < -0.39 is 4.92 Å². The first-order chi connectivity index (χ1) is 12.8. The van der Waals surface area contributed by atoms with E-state index in [0.717, 1.165) is 0 Å². The van der Waals surface area contributed by atoms with Crippen LogP contribution in [0.4, 0.5) is 17.2 Å². The highest BCUT2D eigenvalue weighted by atomic mass is 35.5. The smallest absolute Gasteiger partial charge is 0.271 e. The van der Waals surface area contributed by atoms with E-state index in [0.29, 0.717) is 23.8 Å². The van der Waals surface area contributed by atoms with Crippen LogP contribution in [-0.2, 0) is 0 Å². The third kappa shape index (κ3) is 3.45. The number of non-ortho nitro benzene ring substituents is 1. The summed E-state index contributed by atoms with van der Waals surface area (Å²) in [6.45, 7) is 4.95. The van der Waals surface area contributed by atoms with Crippen molar-refractivity contribution in [3.63, 3.8) is 0 Å². The van der Waals surface area contributed by atoms with Gasteiger partial charge in [-0.25, -0.2) is 4.63 Å². The van der Waals surface area contributed by atoms with Crippen LogP contribution in [0.15, 0.2) is 28.0 Å². The van der Waals surface area contributed by atoms with Crippen molar-refractivity contribution in [2.75, 3.05) is 23.7 Å². The Bertz CT molecular complexity index is 875. The largest absolute Gasteiger partial charge is 0.409 e. The van der Waals surface area contributed by atoms with Crippen LogP contribution in [0, 0.1) is 10.1 Å². The van der Waals surface area contributed by atoms with Crippen molar-refractivity contribution in [1.82, 2.24) is 15.2 Å². The van der Waals surface area contributed by atoms with Crippen molar-refractivity contribution < 1.29 is 14.8 Å². The topological polar surface area (TPSA) is 147 Å². The summed E-state index contributed by atoms with van der Waals surface area (Å²) in [6.07, 6.45) is 0. The van der Waals surface area contributed by atoms with E-state index in [-0.39, 0.29) is 35.1 Å². The number of nitro benzene ring substituents is 1. The van der Waals surface area contributed by atoms with Gasteiger partial charge in [-0.05, 0) is 30.2 Å². The molecule has 0 aliphatic carbocycles. The quantitative estimate of drug-likeness (QED) is 0.261. The maximum atomic E-state index is 10.9. The Morgan fingerprint density at radius 2 is 2.07 bits per heavy atom. The second-order valence-corrected chi connectivity index (χ2v) is 6.73. The molecule has 2 aromatic rings. The van der Waals surface area contributed by atoms with Crippen molar-refractivity contribution >= 4 is 34.6 Å². The van der Waals surface area contributed by atoms with Crippen LogP contribution in [0.25, 0.3) is 0 Å². The van der Waals surface area contributed by atoms with Gasteiger partial charge in [-0.3, -0.25) is 10.1 Å². The van der Waals surface area contributed by atoms with E-state index in [2.05, 4.69) is 20.1 Å². The van der Waals surface area contributed by atoms with Crippen molar-refractivity contribution in [2.45, 2.75) is 25.9 Å². The highest BCUT2D eigenvalue weighted by Crippen LogP contribution is 2.32. The summed E-state index contributed by atoms with van der Waals surface area (Å²) < 4.78 is 4.60. The predicted octanol–water partition coefficient (Wildman–Crippen LogP) is 1.95. The number of nitrogens with zero attached hydrogens (tertiary/aromatic N) is 6. The lowest BCUT2D eigenvalue weighted by Crippen LogP contribution is -2.59. The van der Waals surface area contributed by atoms with Gasteiger partial charge in [0.05, 0.1) is 15.6 Å². The number of anilines is 2. The molecule has 0 spiro atoms. The summed E-state index contributed by atoms with van der Waals surface area (Å²) in [7, 11) is 0. The Kier molecular flexibility index (Phi) is 5.04. The molecule has 2 unspecified atom stereocenters. The third-order valence-corrected chi connectivity index (χ3v) is 4.77. The standard InChI is InChI=1S/C15H18ClN7O4/c1-8-6-21(12-4-3-10(23(25)26)5-11(12)16)7-9(2)22(8)15(18-24)13-14(17)20-27-19-13/h3-5,8-9,24H,6-7H2,1-2H3,(H2,17,20)/b18-15-. The van der Waals surface area contributed by atoms with E-state index >= 15 is 0 Å². The molecule has 1 aliphatic heterocycles. The molecule has 1 saturated heterocycles. The average molecular weight is 396 g/mol. The molecule has 2 heterocycles. The van der Waals surface area contributed by atoms with Crippen LogP contribution < -0.4 is 10.6 Å². The molecule has 27 heavy (non-hydrogen) atoms. The Labute approximate surface area is 159 Å². The van der Waals surface area contributed by atoms with Gasteiger partial charge in [0.2, 0.25) is 5.84 Å². The SMILES string of the molecule is CC1CN(c2ccc([N+](=O)[O-])cc2Cl)CC(C)N1/C(=N\O)c1nonc1N. The van der Waals surface area contributed by atoms with E-state index in [9.17, 15) is 15.3 Å². The first kappa shape index (κ1) is 18.7. The number of hydrogen-bond donors (Lipinski definition) is 2. The molecule has 0 amide bonds. The lowest BCUT2D eigenvalue weighted by atomic mass is 10.1. The number of rotatable bonds is 3. The minimum atomic E-state index is -0.487. The first-order valence-electron chi connectivity index (χ1n) is 8.11. The van der Waals surface area contributed by atoms with Crippen molar-refractivity contribution in [2.24, 2.45) is 5.16 Å². The van der Waals surface area contributed by atoms with E-state index in [1.54, 1.807) is 6.07 Å². The summed E-state index contributed by atoms with van der Waals surface area (Å²) >= 11 is 6.26. The van der Waals surface area contributed by atoms with Gasteiger partial charge in [0.25, 0.3) is 5.69 Å². The van der Waals surface area contributed by atoms with E-state index in [4.69, 9.17) is 17.3 Å². The number of piperazine rings is 1. The zero-order chi connectivity index (χ0) is 19.7. The van der Waals surface area contributed by atoms with Gasteiger partial charge in [-0.2, -0.15) is 0 Å². The minimum Gasteiger partial charge on any atom is -0.409 e. The Morgan fingerprint density at radius 3 is 2.56 bits per heavy atom. The van der Waals surface area contributed by atoms with Gasteiger partial charge in [0.1, 0.15) is 0 Å². The van der Waals surface area contributed by atoms with Crippen LogP contribution in [0.2, 0.25) is 5.02 Å². The van der Waals surface area contributed by atoms with Crippen LogP contribution in [0.3, 0.4) is 0 Å². The minimum absolute atomic E-state index is 0.0306. The second-order valence-electron chi connectivity index (χ2n) is 6.32. The fourth-order valence-electron chi connectivity index (χ4n) is 3.37. The predicted molar refractivity (Wildman–Crippen MR) is 98.1 cm³/mol. The van der Waals surface area contributed by atoms with E-state index in [1.165, 1.54) is 12.1 Å². The van der Waals surface area contributed by atoms with Gasteiger partial charge >= 0.3 is 0 Å². The number of halogens is 1. The summed E-state index contributed by atoms with van der Waals surface area (Å²) in [6, 6.07) is 4.17. The molecule has 1 aromatic heterocycles. The van der Waals surface area contributed by atoms with E-state index in [1.807, 2.05) is 23.6 Å². The van der Waals surface area contributed by atoms with Crippen molar-refractivity contribution in [3.05, 3.63) is 39.0 Å². The first-order valence-corrected chi connectivity index (χ1v) is 8.49. The summed E-state index contributed by atoms with van der Waals surface area (Å²) in [5.74, 6) is 0.200. The molecule has 1 aliphatic rings. The molecule has 2 atom stereocenters. The number of nitrogens with two attached hydrogens (primary N) is 1. The molecule has 1 aromatic carbocycles. The number of benzene rings is 1. The lowest BCUT2D eigenvalue weighted by Gasteiger charge is -2.46. The summed E-state index contributed by atoms with van der Waals surface area (Å²) in [5, 5.41) is 31.3. The highest BCUT2D eigenvalue weighted by molar-refractivity contribution is 6.33. The van der Waals surface area contributed by atoms with Crippen LogP contribution in [0.5, 0.6) is 0 Å². The average Bonchev–Trinajstić information content (AvgIpc) is 3.03. The fourth-order valence-corrected chi connectivity index (χ4v) is 3.67. The molecular weight excluding hydrogens is 378 g/mol. The molecule has 1 fully saturated rings. The van der Waals surface area contributed by atoms with Crippen LogP contribution >= 0.6 is 11.6 Å². The summed E-state index contributed by atoms with van der Waals surface area (Å²) in [4.78, 5) is 14.3. The lowest BCUT2D eigenvalue weighted by molar-refractivity contribution is -0.384. The molecule has 144 valence electrons. The Morgan fingerprint density at radius 1 is 1.41 bits per heavy atom. The molecule has 0 radical (unpaired) electrons. The van der Waals surface area contributed by atoms with Crippen molar-refractivity contribution in [1.29, 1.82) is 0 Å².